The molecule has 1 aliphatic carbocycles. The molecular weight excluding hydrogens is 117 g/mol. The fourth-order valence-corrected chi connectivity index (χ4v) is 1.44. The monoisotopic (exact) mass is 131 g/mol. The molecule has 0 saturated heterocycles. The van der Waals surface area contributed by atoms with E-state index in [0.29, 0.717) is 18.9 Å². The molecule has 0 aromatic rings. The highest BCUT2D eigenvalue weighted by atomic mass is 19.1. The Morgan fingerprint density at radius 3 is 2.67 bits per heavy atom. The molecule has 1 aliphatic rings. The lowest BCUT2D eigenvalue weighted by Gasteiger charge is -2.22. The Morgan fingerprint density at radius 2 is 2.22 bits per heavy atom. The Balaban J connectivity index is 2.23. The summed E-state index contributed by atoms with van der Waals surface area (Å²) in [6, 6.07) is 0. The van der Waals surface area contributed by atoms with Crippen LogP contribution in [0.3, 0.4) is 0 Å². The highest BCUT2D eigenvalue weighted by Crippen LogP contribution is 2.24. The molecule has 0 radical (unpaired) electrons. The lowest BCUT2D eigenvalue weighted by molar-refractivity contribution is 0.202. The van der Waals surface area contributed by atoms with E-state index in [-0.39, 0.29) is 0 Å². The van der Waals surface area contributed by atoms with Crippen molar-refractivity contribution < 1.29 is 4.39 Å². The van der Waals surface area contributed by atoms with E-state index in [9.17, 15) is 4.39 Å². The van der Waals surface area contributed by atoms with Crippen molar-refractivity contribution in [3.8, 4) is 0 Å². The van der Waals surface area contributed by atoms with Gasteiger partial charge in [0.1, 0.15) is 6.17 Å². The van der Waals surface area contributed by atoms with Crippen LogP contribution >= 0.6 is 0 Å². The molecule has 1 saturated carbocycles. The average Bonchev–Trinajstić information content (AvgIpc) is 1.88. The van der Waals surface area contributed by atoms with E-state index in [1.807, 2.05) is 0 Å². The van der Waals surface area contributed by atoms with Crippen molar-refractivity contribution in [2.24, 2.45) is 11.7 Å². The maximum absolute atomic E-state index is 12.6. The van der Waals surface area contributed by atoms with Gasteiger partial charge < -0.3 is 5.73 Å². The Labute approximate surface area is 55.4 Å². The van der Waals surface area contributed by atoms with Crippen LogP contribution < -0.4 is 5.73 Å². The molecule has 0 aliphatic heterocycles. The maximum Gasteiger partial charge on any atom is 0.100 e. The number of hydrogen-bond donors (Lipinski definition) is 1. The van der Waals surface area contributed by atoms with E-state index >= 15 is 0 Å². The standard InChI is InChI=1S/C7H14FN/c8-7-3-1-2-6(4-7)5-9/h6-7H,1-5,9H2/t6-,7+/m1/s1. The summed E-state index contributed by atoms with van der Waals surface area (Å²) in [4.78, 5) is 0. The van der Waals surface area contributed by atoms with E-state index in [1.54, 1.807) is 0 Å². The van der Waals surface area contributed by atoms with Gasteiger partial charge in [-0.15, -0.1) is 0 Å². The first-order valence-electron chi connectivity index (χ1n) is 3.67. The Kier molecular flexibility index (Phi) is 2.46. The van der Waals surface area contributed by atoms with Gasteiger partial charge in [-0.1, -0.05) is 6.42 Å². The van der Waals surface area contributed by atoms with Gasteiger partial charge in [-0.2, -0.15) is 0 Å². The molecule has 2 heteroatoms. The number of halogens is 1. The summed E-state index contributed by atoms with van der Waals surface area (Å²) in [6.07, 6.45) is 3.07. The summed E-state index contributed by atoms with van der Waals surface area (Å²) in [5.74, 6) is 0.466. The third kappa shape index (κ3) is 1.94. The van der Waals surface area contributed by atoms with E-state index in [2.05, 4.69) is 0 Å². The van der Waals surface area contributed by atoms with Gasteiger partial charge in [0, 0.05) is 0 Å². The summed E-state index contributed by atoms with van der Waals surface area (Å²) in [5.41, 5.74) is 5.40. The first-order chi connectivity index (χ1) is 4.33. The van der Waals surface area contributed by atoms with Gasteiger partial charge >= 0.3 is 0 Å². The van der Waals surface area contributed by atoms with E-state index < -0.39 is 6.17 Å². The maximum atomic E-state index is 12.6. The van der Waals surface area contributed by atoms with Crippen molar-refractivity contribution in [1.82, 2.24) is 0 Å². The van der Waals surface area contributed by atoms with Crippen LogP contribution in [-0.2, 0) is 0 Å². The molecule has 2 atom stereocenters. The van der Waals surface area contributed by atoms with Gasteiger partial charge in [0.2, 0.25) is 0 Å². The van der Waals surface area contributed by atoms with Crippen LogP contribution in [0, 0.1) is 5.92 Å². The summed E-state index contributed by atoms with van der Waals surface area (Å²) < 4.78 is 12.6. The zero-order valence-electron chi connectivity index (χ0n) is 5.65. The predicted molar refractivity (Wildman–Crippen MR) is 35.9 cm³/mol. The lowest BCUT2D eigenvalue weighted by Crippen LogP contribution is -2.22. The molecule has 0 unspecified atom stereocenters. The summed E-state index contributed by atoms with van der Waals surface area (Å²) in [7, 11) is 0. The van der Waals surface area contributed by atoms with E-state index in [1.165, 1.54) is 0 Å². The lowest BCUT2D eigenvalue weighted by atomic mass is 9.88. The largest absolute Gasteiger partial charge is 0.330 e. The van der Waals surface area contributed by atoms with Crippen LogP contribution in [0.1, 0.15) is 25.7 Å². The van der Waals surface area contributed by atoms with Crippen molar-refractivity contribution >= 4 is 0 Å². The molecule has 0 bridgehead atoms. The second-order valence-corrected chi connectivity index (χ2v) is 2.87. The van der Waals surface area contributed by atoms with Crippen LogP contribution in [0.15, 0.2) is 0 Å². The number of nitrogens with two attached hydrogens (primary N) is 1. The molecule has 1 fully saturated rings. The topological polar surface area (TPSA) is 26.0 Å². The second kappa shape index (κ2) is 3.16. The zero-order valence-corrected chi connectivity index (χ0v) is 5.65. The number of rotatable bonds is 1. The Bertz CT molecular complexity index is 85.0. The molecular formula is C7H14FN. The van der Waals surface area contributed by atoms with Gasteiger partial charge in [0.25, 0.3) is 0 Å². The minimum atomic E-state index is -0.563. The van der Waals surface area contributed by atoms with Gasteiger partial charge in [-0.25, -0.2) is 4.39 Å². The van der Waals surface area contributed by atoms with Crippen molar-refractivity contribution in [3.63, 3.8) is 0 Å². The van der Waals surface area contributed by atoms with Crippen molar-refractivity contribution in [2.75, 3.05) is 6.54 Å². The molecule has 1 rings (SSSR count). The minimum absolute atomic E-state index is 0.466. The molecule has 1 nitrogen and oxygen atoms in total. The fraction of sp³-hybridized carbons (Fsp3) is 1.00. The van der Waals surface area contributed by atoms with Gasteiger partial charge in [0.15, 0.2) is 0 Å². The molecule has 0 aromatic carbocycles. The third-order valence-electron chi connectivity index (χ3n) is 2.05. The molecule has 2 N–H and O–H groups in total. The van der Waals surface area contributed by atoms with Crippen LogP contribution in [0.25, 0.3) is 0 Å². The molecule has 9 heavy (non-hydrogen) atoms. The highest BCUT2D eigenvalue weighted by molar-refractivity contribution is 4.72. The van der Waals surface area contributed by atoms with E-state index in [0.717, 1.165) is 19.3 Å². The third-order valence-corrected chi connectivity index (χ3v) is 2.05. The number of alkyl halides is 1. The molecule has 0 spiro atoms. The minimum Gasteiger partial charge on any atom is -0.330 e. The van der Waals surface area contributed by atoms with Gasteiger partial charge in [-0.05, 0) is 31.7 Å². The summed E-state index contributed by atoms with van der Waals surface area (Å²) in [6.45, 7) is 0.667. The normalized spacial score (nSPS) is 36.7. The van der Waals surface area contributed by atoms with E-state index in [4.69, 9.17) is 5.73 Å². The Hall–Kier alpha value is -0.110. The van der Waals surface area contributed by atoms with Crippen molar-refractivity contribution in [3.05, 3.63) is 0 Å². The SMILES string of the molecule is NC[C@@H]1CCC[C@H](F)C1. The van der Waals surface area contributed by atoms with Crippen LogP contribution in [0.4, 0.5) is 4.39 Å². The molecule has 0 heterocycles. The van der Waals surface area contributed by atoms with Crippen molar-refractivity contribution in [2.45, 2.75) is 31.9 Å². The van der Waals surface area contributed by atoms with Crippen LogP contribution in [0.2, 0.25) is 0 Å². The summed E-state index contributed by atoms with van der Waals surface area (Å²) in [5, 5.41) is 0. The quantitative estimate of drug-likeness (QED) is 0.573. The Morgan fingerprint density at radius 1 is 1.44 bits per heavy atom. The second-order valence-electron chi connectivity index (χ2n) is 2.87. The average molecular weight is 131 g/mol. The van der Waals surface area contributed by atoms with Gasteiger partial charge in [0.05, 0.1) is 0 Å². The van der Waals surface area contributed by atoms with Crippen molar-refractivity contribution in [1.29, 1.82) is 0 Å². The highest BCUT2D eigenvalue weighted by Gasteiger charge is 2.19. The first-order valence-corrected chi connectivity index (χ1v) is 3.67. The molecule has 0 amide bonds. The smallest absolute Gasteiger partial charge is 0.100 e. The molecule has 0 aromatic heterocycles. The van der Waals surface area contributed by atoms with Crippen LogP contribution in [-0.4, -0.2) is 12.7 Å². The first kappa shape index (κ1) is 7.00. The fourth-order valence-electron chi connectivity index (χ4n) is 1.44. The van der Waals surface area contributed by atoms with Gasteiger partial charge in [-0.3, -0.25) is 0 Å². The molecule has 54 valence electrons. The number of hydrogen-bond acceptors (Lipinski definition) is 1. The van der Waals surface area contributed by atoms with Crippen LogP contribution in [0.5, 0.6) is 0 Å². The predicted octanol–water partition coefficient (Wildman–Crippen LogP) is 1.47. The summed E-state index contributed by atoms with van der Waals surface area (Å²) >= 11 is 0. The zero-order chi connectivity index (χ0) is 6.69.